The second kappa shape index (κ2) is 6.02. The Hall–Kier alpha value is -1.25. The molecule has 1 rings (SSSR count). The molecule has 0 spiro atoms. The average Bonchev–Trinajstić information content (AvgIpc) is 2.36. The minimum Gasteiger partial charge on any atom is -0.495 e. The molecule has 5 nitrogen and oxygen atoms in total. The molecule has 1 aromatic carbocycles. The van der Waals surface area contributed by atoms with Crippen molar-refractivity contribution in [2.75, 3.05) is 20.2 Å². The normalized spacial score (nSPS) is 12.5. The molecule has 0 saturated carbocycles. The molecule has 0 bridgehead atoms. The summed E-state index contributed by atoms with van der Waals surface area (Å²) in [5, 5.41) is 0. The van der Waals surface area contributed by atoms with Gasteiger partial charge in [0, 0.05) is 0 Å². The molecule has 0 saturated heterocycles. The summed E-state index contributed by atoms with van der Waals surface area (Å²) in [6.07, 6.45) is 0. The highest BCUT2D eigenvalue weighted by Gasteiger charge is 2.30. The topological polar surface area (TPSA) is 81.4 Å². The van der Waals surface area contributed by atoms with Gasteiger partial charge in [0.1, 0.15) is 10.6 Å². The first-order valence-electron chi connectivity index (χ1n) is 5.86. The monoisotopic (exact) mass is 308 g/mol. The quantitative estimate of drug-likeness (QED) is 0.827. The number of rotatable bonds is 6. The number of hydrogen-bond donors (Lipinski definition) is 2. The van der Waals surface area contributed by atoms with Crippen molar-refractivity contribution in [3.63, 3.8) is 0 Å². The summed E-state index contributed by atoms with van der Waals surface area (Å²) in [7, 11) is -2.78. The van der Waals surface area contributed by atoms with Gasteiger partial charge in [-0.3, -0.25) is 0 Å². The third kappa shape index (κ3) is 3.87. The lowest BCUT2D eigenvalue weighted by atomic mass is 10.1. The Morgan fingerprint density at radius 3 is 2.45 bits per heavy atom. The number of sulfonamides is 1. The minimum atomic E-state index is -4.10. The van der Waals surface area contributed by atoms with Crippen LogP contribution in [0.3, 0.4) is 0 Å². The van der Waals surface area contributed by atoms with E-state index in [1.807, 2.05) is 4.72 Å². The Bertz CT molecular complexity index is 589. The summed E-state index contributed by atoms with van der Waals surface area (Å²) in [5.74, 6) is -3.15. The Kier molecular flexibility index (Phi) is 5.06. The maximum Gasteiger partial charge on any atom is 0.273 e. The van der Waals surface area contributed by atoms with Crippen LogP contribution >= 0.6 is 0 Å². The van der Waals surface area contributed by atoms with Crippen molar-refractivity contribution >= 4 is 10.0 Å². The SMILES string of the molecule is COc1c(C)cc(C)cc1S(=O)(=O)NCC(F)(F)CN. The van der Waals surface area contributed by atoms with Crippen LogP contribution in [-0.2, 0) is 10.0 Å². The second-order valence-corrected chi connectivity index (χ2v) is 6.23. The molecule has 0 atom stereocenters. The van der Waals surface area contributed by atoms with Crippen molar-refractivity contribution in [2.45, 2.75) is 24.7 Å². The van der Waals surface area contributed by atoms with E-state index in [1.54, 1.807) is 19.9 Å². The van der Waals surface area contributed by atoms with Gasteiger partial charge in [-0.2, -0.15) is 0 Å². The van der Waals surface area contributed by atoms with E-state index >= 15 is 0 Å². The molecule has 0 aromatic heterocycles. The molecule has 0 unspecified atom stereocenters. The minimum absolute atomic E-state index is 0.138. The molecule has 0 aliphatic rings. The van der Waals surface area contributed by atoms with E-state index in [0.717, 1.165) is 0 Å². The second-order valence-electron chi connectivity index (χ2n) is 4.50. The van der Waals surface area contributed by atoms with E-state index in [2.05, 4.69) is 0 Å². The van der Waals surface area contributed by atoms with Crippen molar-refractivity contribution in [1.82, 2.24) is 4.72 Å². The first-order chi connectivity index (χ1) is 9.13. The van der Waals surface area contributed by atoms with Crippen LogP contribution < -0.4 is 15.2 Å². The van der Waals surface area contributed by atoms with Gasteiger partial charge in [0.2, 0.25) is 10.0 Å². The van der Waals surface area contributed by atoms with Crippen molar-refractivity contribution in [3.8, 4) is 5.75 Å². The van der Waals surface area contributed by atoms with Crippen LogP contribution in [0.15, 0.2) is 17.0 Å². The summed E-state index contributed by atoms with van der Waals surface area (Å²) in [4.78, 5) is -0.162. The zero-order valence-corrected chi connectivity index (χ0v) is 12.4. The number of hydrogen-bond acceptors (Lipinski definition) is 4. The number of methoxy groups -OCH3 is 1. The molecular formula is C12H18F2N2O3S. The van der Waals surface area contributed by atoms with Gasteiger partial charge in [0.15, 0.2) is 0 Å². The van der Waals surface area contributed by atoms with E-state index in [4.69, 9.17) is 10.5 Å². The molecule has 3 N–H and O–H groups in total. The molecule has 0 amide bonds. The highest BCUT2D eigenvalue weighted by atomic mass is 32.2. The lowest BCUT2D eigenvalue weighted by Gasteiger charge is -2.17. The molecule has 0 aliphatic heterocycles. The van der Waals surface area contributed by atoms with Crippen molar-refractivity contribution in [3.05, 3.63) is 23.3 Å². The number of aryl methyl sites for hydroxylation is 2. The number of alkyl halides is 2. The van der Waals surface area contributed by atoms with Crippen LogP contribution in [0, 0.1) is 13.8 Å². The number of halogens is 2. The number of ether oxygens (including phenoxy) is 1. The Morgan fingerprint density at radius 1 is 1.35 bits per heavy atom. The Labute approximate surface area is 117 Å². The zero-order chi connectivity index (χ0) is 15.6. The number of benzene rings is 1. The van der Waals surface area contributed by atoms with E-state index in [0.29, 0.717) is 11.1 Å². The van der Waals surface area contributed by atoms with Gasteiger partial charge in [-0.25, -0.2) is 21.9 Å². The lowest BCUT2D eigenvalue weighted by Crippen LogP contribution is -2.41. The summed E-state index contributed by atoms with van der Waals surface area (Å²) < 4.78 is 57.2. The predicted octanol–water partition coefficient (Wildman–Crippen LogP) is 1.18. The third-order valence-electron chi connectivity index (χ3n) is 2.70. The summed E-state index contributed by atoms with van der Waals surface area (Å²) >= 11 is 0. The van der Waals surface area contributed by atoms with Crippen LogP contribution in [0.4, 0.5) is 8.78 Å². The van der Waals surface area contributed by atoms with Crippen LogP contribution in [0.1, 0.15) is 11.1 Å². The molecule has 0 heterocycles. The fourth-order valence-electron chi connectivity index (χ4n) is 1.73. The zero-order valence-electron chi connectivity index (χ0n) is 11.5. The van der Waals surface area contributed by atoms with Crippen LogP contribution in [0.2, 0.25) is 0 Å². The molecule has 20 heavy (non-hydrogen) atoms. The summed E-state index contributed by atoms with van der Waals surface area (Å²) in [5.41, 5.74) is 6.17. The van der Waals surface area contributed by atoms with E-state index in [9.17, 15) is 17.2 Å². The van der Waals surface area contributed by atoms with E-state index in [1.165, 1.54) is 13.2 Å². The predicted molar refractivity (Wildman–Crippen MR) is 71.7 cm³/mol. The Balaban J connectivity index is 3.16. The summed E-state index contributed by atoms with van der Waals surface area (Å²) in [6, 6.07) is 3.11. The van der Waals surface area contributed by atoms with Gasteiger partial charge in [0.05, 0.1) is 20.2 Å². The molecule has 1 aromatic rings. The molecule has 0 fully saturated rings. The van der Waals surface area contributed by atoms with Crippen molar-refractivity contribution < 1.29 is 21.9 Å². The maximum absolute atomic E-state index is 13.1. The molecule has 8 heteroatoms. The van der Waals surface area contributed by atoms with Gasteiger partial charge in [-0.1, -0.05) is 6.07 Å². The van der Waals surface area contributed by atoms with Gasteiger partial charge in [0.25, 0.3) is 5.92 Å². The molecule has 0 radical (unpaired) electrons. The standard InChI is InChI=1S/C12H18F2N2O3S/c1-8-4-9(2)11(19-3)10(5-8)20(17,18)16-7-12(13,14)6-15/h4-5,16H,6-7,15H2,1-3H3. The van der Waals surface area contributed by atoms with Crippen LogP contribution in [0.5, 0.6) is 5.75 Å². The molecule has 0 aliphatic carbocycles. The Morgan fingerprint density at radius 2 is 1.95 bits per heavy atom. The highest BCUT2D eigenvalue weighted by molar-refractivity contribution is 7.89. The largest absolute Gasteiger partial charge is 0.495 e. The molecule has 114 valence electrons. The van der Waals surface area contributed by atoms with E-state index in [-0.39, 0.29) is 10.6 Å². The average molecular weight is 308 g/mol. The fraction of sp³-hybridized carbons (Fsp3) is 0.500. The van der Waals surface area contributed by atoms with Crippen LogP contribution in [0.25, 0.3) is 0 Å². The van der Waals surface area contributed by atoms with Gasteiger partial charge < -0.3 is 10.5 Å². The van der Waals surface area contributed by atoms with Crippen molar-refractivity contribution in [1.29, 1.82) is 0 Å². The lowest BCUT2D eigenvalue weighted by molar-refractivity contribution is 0.0170. The number of nitrogens with two attached hydrogens (primary N) is 1. The third-order valence-corrected chi connectivity index (χ3v) is 4.10. The van der Waals surface area contributed by atoms with E-state index < -0.39 is 29.0 Å². The maximum atomic E-state index is 13.1. The smallest absolute Gasteiger partial charge is 0.273 e. The van der Waals surface area contributed by atoms with Gasteiger partial charge in [-0.05, 0) is 31.0 Å². The summed E-state index contributed by atoms with van der Waals surface area (Å²) in [6.45, 7) is 1.40. The van der Waals surface area contributed by atoms with Crippen LogP contribution in [-0.4, -0.2) is 34.5 Å². The first kappa shape index (κ1) is 16.8. The first-order valence-corrected chi connectivity index (χ1v) is 7.34. The van der Waals surface area contributed by atoms with Crippen molar-refractivity contribution in [2.24, 2.45) is 5.73 Å². The number of nitrogens with one attached hydrogen (secondary N) is 1. The fourth-order valence-corrected chi connectivity index (χ4v) is 3.11. The van der Waals surface area contributed by atoms with Gasteiger partial charge >= 0.3 is 0 Å². The highest BCUT2D eigenvalue weighted by Crippen LogP contribution is 2.29. The molecular weight excluding hydrogens is 290 g/mol. The van der Waals surface area contributed by atoms with Gasteiger partial charge in [-0.15, -0.1) is 0 Å².